The molecule has 0 spiro atoms. The zero-order chi connectivity index (χ0) is 12.5. The van der Waals surface area contributed by atoms with Crippen molar-refractivity contribution in [3.63, 3.8) is 0 Å². The highest BCUT2D eigenvalue weighted by Gasteiger charge is 2.18. The molecule has 0 saturated carbocycles. The molecule has 0 heterocycles. The van der Waals surface area contributed by atoms with Crippen LogP contribution in [0.25, 0.3) is 0 Å². The van der Waals surface area contributed by atoms with Crippen molar-refractivity contribution in [2.75, 3.05) is 27.2 Å². The summed E-state index contributed by atoms with van der Waals surface area (Å²) in [6, 6.07) is 0. The molecule has 1 N–H and O–H groups in total. The van der Waals surface area contributed by atoms with Crippen LogP contribution in [0, 0.1) is 0 Å². The van der Waals surface area contributed by atoms with E-state index in [1.807, 2.05) is 41.7 Å². The molecule has 0 radical (unpaired) electrons. The quantitative estimate of drug-likeness (QED) is 0.788. The van der Waals surface area contributed by atoms with Gasteiger partial charge in [-0.1, -0.05) is 13.8 Å². The Hall–Kier alpha value is -0.770. The van der Waals surface area contributed by atoms with E-state index >= 15 is 0 Å². The molecule has 0 rings (SSSR count). The van der Waals surface area contributed by atoms with Crippen LogP contribution in [0.2, 0.25) is 0 Å². The second kappa shape index (κ2) is 8.53. The number of rotatable bonds is 3. The van der Waals surface area contributed by atoms with Crippen molar-refractivity contribution < 1.29 is 9.53 Å². The predicted octanol–water partition coefficient (Wildman–Crippen LogP) is 2.10. The number of likely N-dealkylation sites (N-methyl/N-ethyl adjacent to an activating group) is 2. The summed E-state index contributed by atoms with van der Waals surface area (Å²) in [6.07, 6.45) is -0.275. The normalized spacial score (nSPS) is 10.1. The van der Waals surface area contributed by atoms with Crippen LogP contribution in [-0.4, -0.2) is 43.8 Å². The van der Waals surface area contributed by atoms with Gasteiger partial charge in [-0.25, -0.2) is 4.79 Å². The van der Waals surface area contributed by atoms with Gasteiger partial charge in [0.15, 0.2) is 0 Å². The SMILES string of the molecule is CC.CNCCN(C)C(=O)OC(C)(C)C. The summed E-state index contributed by atoms with van der Waals surface area (Å²) in [6.45, 7) is 11.0. The number of carbonyl (C=O) groups is 1. The molecule has 0 aromatic heterocycles. The Morgan fingerprint density at radius 3 is 2.13 bits per heavy atom. The smallest absolute Gasteiger partial charge is 0.410 e. The average Bonchev–Trinajstić information content (AvgIpc) is 2.14. The number of hydrogen-bond donors (Lipinski definition) is 1. The lowest BCUT2D eigenvalue weighted by Gasteiger charge is -2.24. The van der Waals surface area contributed by atoms with Crippen LogP contribution in [0.3, 0.4) is 0 Å². The lowest BCUT2D eigenvalue weighted by atomic mass is 10.2. The summed E-state index contributed by atoms with van der Waals surface area (Å²) in [4.78, 5) is 12.9. The highest BCUT2D eigenvalue weighted by molar-refractivity contribution is 5.67. The van der Waals surface area contributed by atoms with Crippen molar-refractivity contribution in [3.05, 3.63) is 0 Å². The zero-order valence-electron chi connectivity index (χ0n) is 11.2. The Morgan fingerprint density at radius 2 is 1.80 bits per heavy atom. The Morgan fingerprint density at radius 1 is 1.33 bits per heavy atom. The van der Waals surface area contributed by atoms with Crippen molar-refractivity contribution in [1.29, 1.82) is 0 Å². The van der Waals surface area contributed by atoms with Gasteiger partial charge in [-0.2, -0.15) is 0 Å². The number of ether oxygens (including phenoxy) is 1. The fourth-order valence-corrected chi connectivity index (χ4v) is 0.711. The molecule has 0 saturated heterocycles. The number of amides is 1. The molecule has 0 aromatic carbocycles. The summed E-state index contributed by atoms with van der Waals surface area (Å²) in [5, 5.41) is 2.97. The van der Waals surface area contributed by atoms with Gasteiger partial charge in [0.05, 0.1) is 0 Å². The third kappa shape index (κ3) is 11.2. The van der Waals surface area contributed by atoms with Crippen LogP contribution in [0.5, 0.6) is 0 Å². The van der Waals surface area contributed by atoms with Crippen molar-refractivity contribution in [1.82, 2.24) is 10.2 Å². The third-order valence-corrected chi connectivity index (χ3v) is 1.40. The zero-order valence-corrected chi connectivity index (χ0v) is 11.2. The van der Waals surface area contributed by atoms with E-state index in [4.69, 9.17) is 4.74 Å². The maximum absolute atomic E-state index is 11.3. The molecule has 92 valence electrons. The van der Waals surface area contributed by atoms with Gasteiger partial charge in [-0.15, -0.1) is 0 Å². The number of nitrogens with zero attached hydrogens (tertiary/aromatic N) is 1. The van der Waals surface area contributed by atoms with Crippen LogP contribution < -0.4 is 5.32 Å². The van der Waals surface area contributed by atoms with Gasteiger partial charge in [0, 0.05) is 20.1 Å². The van der Waals surface area contributed by atoms with Gasteiger partial charge >= 0.3 is 6.09 Å². The standard InChI is InChI=1S/C9H20N2O2.C2H6/c1-9(2,3)13-8(12)11(5)7-6-10-4;1-2/h10H,6-7H2,1-5H3;1-2H3. The molecule has 0 bridgehead atoms. The summed E-state index contributed by atoms with van der Waals surface area (Å²) in [7, 11) is 3.58. The average molecular weight is 218 g/mol. The van der Waals surface area contributed by atoms with Gasteiger partial charge in [-0.05, 0) is 27.8 Å². The number of hydrogen-bond acceptors (Lipinski definition) is 3. The first-order valence-corrected chi connectivity index (χ1v) is 5.45. The Kier molecular flexibility index (Phi) is 9.47. The molecule has 4 nitrogen and oxygen atoms in total. The van der Waals surface area contributed by atoms with Crippen LogP contribution in [0.1, 0.15) is 34.6 Å². The van der Waals surface area contributed by atoms with Gasteiger partial charge < -0.3 is 15.0 Å². The molecule has 1 amide bonds. The van der Waals surface area contributed by atoms with Crippen LogP contribution in [0.4, 0.5) is 4.79 Å². The van der Waals surface area contributed by atoms with E-state index in [9.17, 15) is 4.79 Å². The van der Waals surface area contributed by atoms with E-state index in [-0.39, 0.29) is 6.09 Å². The van der Waals surface area contributed by atoms with E-state index in [0.29, 0.717) is 6.54 Å². The Bertz CT molecular complexity index is 164. The molecule has 4 heteroatoms. The first-order chi connectivity index (χ1) is 6.87. The van der Waals surface area contributed by atoms with Crippen molar-refractivity contribution in [3.8, 4) is 0 Å². The largest absolute Gasteiger partial charge is 0.444 e. The second-order valence-corrected chi connectivity index (χ2v) is 4.01. The second-order valence-electron chi connectivity index (χ2n) is 4.01. The molecule has 0 aliphatic carbocycles. The van der Waals surface area contributed by atoms with E-state index in [1.165, 1.54) is 0 Å². The maximum atomic E-state index is 11.3. The van der Waals surface area contributed by atoms with Crippen LogP contribution >= 0.6 is 0 Å². The molecule has 0 aliphatic heterocycles. The maximum Gasteiger partial charge on any atom is 0.410 e. The monoisotopic (exact) mass is 218 g/mol. The lowest BCUT2D eigenvalue weighted by Crippen LogP contribution is -2.37. The van der Waals surface area contributed by atoms with Gasteiger partial charge in [0.25, 0.3) is 0 Å². The minimum Gasteiger partial charge on any atom is -0.444 e. The molecule has 15 heavy (non-hydrogen) atoms. The first-order valence-electron chi connectivity index (χ1n) is 5.45. The molecule has 0 aliphatic rings. The van der Waals surface area contributed by atoms with Crippen molar-refractivity contribution >= 4 is 6.09 Å². The van der Waals surface area contributed by atoms with Crippen LogP contribution in [-0.2, 0) is 4.74 Å². The molecular formula is C11H26N2O2. The topological polar surface area (TPSA) is 41.6 Å². The van der Waals surface area contributed by atoms with Gasteiger partial charge in [0.1, 0.15) is 5.60 Å². The molecule has 0 unspecified atom stereocenters. The first kappa shape index (κ1) is 16.7. The summed E-state index contributed by atoms with van der Waals surface area (Å²) >= 11 is 0. The van der Waals surface area contributed by atoms with Gasteiger partial charge in [-0.3, -0.25) is 0 Å². The lowest BCUT2D eigenvalue weighted by molar-refractivity contribution is 0.0301. The highest BCUT2D eigenvalue weighted by atomic mass is 16.6. The minimum absolute atomic E-state index is 0.275. The van der Waals surface area contributed by atoms with E-state index < -0.39 is 5.60 Å². The number of carbonyl (C=O) groups excluding carboxylic acids is 1. The number of nitrogens with one attached hydrogen (secondary N) is 1. The van der Waals surface area contributed by atoms with Crippen molar-refractivity contribution in [2.45, 2.75) is 40.2 Å². The molecule has 0 aromatic rings. The summed E-state index contributed by atoms with van der Waals surface area (Å²) in [5.41, 5.74) is -0.412. The van der Waals surface area contributed by atoms with E-state index in [0.717, 1.165) is 6.54 Å². The fourth-order valence-electron chi connectivity index (χ4n) is 0.711. The fraction of sp³-hybridized carbons (Fsp3) is 0.909. The van der Waals surface area contributed by atoms with Gasteiger partial charge in [0.2, 0.25) is 0 Å². The Labute approximate surface area is 94.0 Å². The predicted molar refractivity (Wildman–Crippen MR) is 64.1 cm³/mol. The summed E-state index contributed by atoms with van der Waals surface area (Å²) in [5.74, 6) is 0. The van der Waals surface area contributed by atoms with Crippen molar-refractivity contribution in [2.24, 2.45) is 0 Å². The molecule has 0 fully saturated rings. The summed E-state index contributed by atoms with van der Waals surface area (Å²) < 4.78 is 5.16. The highest BCUT2D eigenvalue weighted by Crippen LogP contribution is 2.08. The van der Waals surface area contributed by atoms with Crippen LogP contribution in [0.15, 0.2) is 0 Å². The minimum atomic E-state index is -0.412. The molecular weight excluding hydrogens is 192 g/mol. The third-order valence-electron chi connectivity index (χ3n) is 1.40. The van der Waals surface area contributed by atoms with E-state index in [1.54, 1.807) is 11.9 Å². The van der Waals surface area contributed by atoms with E-state index in [2.05, 4.69) is 5.32 Å². The molecule has 0 atom stereocenters. The Balaban J connectivity index is 0.